The molecule has 1 fully saturated rings. The quantitative estimate of drug-likeness (QED) is 0.406. The van der Waals surface area contributed by atoms with Gasteiger partial charge in [0.05, 0.1) is 30.8 Å². The summed E-state index contributed by atoms with van der Waals surface area (Å²) in [6.45, 7) is 4.77. The molecule has 1 aliphatic heterocycles. The number of benzene rings is 1. The lowest BCUT2D eigenvalue weighted by molar-refractivity contribution is -0.123. The maximum atomic E-state index is 13.2. The van der Waals surface area contributed by atoms with Crippen LogP contribution in [-0.2, 0) is 31.5 Å². The zero-order valence-corrected chi connectivity index (χ0v) is 21.1. The first-order chi connectivity index (χ1) is 17.2. The topological polar surface area (TPSA) is 161 Å². The van der Waals surface area contributed by atoms with Crippen LogP contribution in [-0.4, -0.2) is 85.3 Å². The number of aromatic nitrogens is 2. The van der Waals surface area contributed by atoms with Crippen molar-refractivity contribution in [3.63, 3.8) is 0 Å². The van der Waals surface area contributed by atoms with Gasteiger partial charge in [-0.05, 0) is 12.0 Å². The number of nitrogens with zero attached hydrogens (tertiary/aromatic N) is 3. The van der Waals surface area contributed by atoms with Crippen molar-refractivity contribution >= 4 is 27.6 Å². The van der Waals surface area contributed by atoms with Gasteiger partial charge in [-0.1, -0.05) is 49.3 Å². The number of carbonyl (C=O) groups excluding carboxylic acids is 3. The maximum Gasteiger partial charge on any atom is 0.318 e. The van der Waals surface area contributed by atoms with Gasteiger partial charge in [0.25, 0.3) is 5.89 Å². The number of amides is 3. The maximum absolute atomic E-state index is 13.2. The lowest BCUT2D eigenvalue weighted by atomic mass is 10.1. The van der Waals surface area contributed by atoms with Crippen LogP contribution in [0.4, 0.5) is 4.79 Å². The first kappa shape index (κ1) is 27.3. The number of morpholine rings is 1. The highest BCUT2D eigenvalue weighted by molar-refractivity contribution is 7.90. The number of carbonyl (C=O) groups is 3. The number of ether oxygens (including phenoxy) is 1. The van der Waals surface area contributed by atoms with Crippen LogP contribution in [0.3, 0.4) is 0 Å². The Morgan fingerprint density at radius 2 is 1.75 bits per heavy atom. The van der Waals surface area contributed by atoms with Crippen molar-refractivity contribution in [3.8, 4) is 0 Å². The van der Waals surface area contributed by atoms with Crippen molar-refractivity contribution in [2.75, 3.05) is 32.1 Å². The molecule has 2 N–H and O–H groups in total. The minimum Gasteiger partial charge on any atom is -0.378 e. The normalized spacial score (nSPS) is 15.7. The van der Waals surface area contributed by atoms with Gasteiger partial charge in [0.2, 0.25) is 11.7 Å². The number of sulfone groups is 1. The molecule has 3 amide bonds. The van der Waals surface area contributed by atoms with Crippen LogP contribution >= 0.6 is 0 Å². The molecule has 1 aromatic carbocycles. The molecular weight excluding hydrogens is 490 g/mol. The van der Waals surface area contributed by atoms with Crippen molar-refractivity contribution in [1.82, 2.24) is 25.7 Å². The number of aryl methyl sites for hydroxylation is 1. The number of urea groups is 1. The molecule has 1 aromatic heterocycles. The Morgan fingerprint density at radius 3 is 2.36 bits per heavy atom. The van der Waals surface area contributed by atoms with Crippen LogP contribution in [0.5, 0.6) is 0 Å². The molecule has 0 aliphatic carbocycles. The van der Waals surface area contributed by atoms with Gasteiger partial charge in [0.1, 0.15) is 6.04 Å². The molecule has 2 heterocycles. The zero-order chi connectivity index (χ0) is 26.1. The molecule has 0 saturated carbocycles. The van der Waals surface area contributed by atoms with E-state index in [0.29, 0.717) is 44.1 Å². The molecule has 3 rings (SSSR count). The first-order valence-electron chi connectivity index (χ1n) is 11.8. The minimum atomic E-state index is -3.81. The molecule has 12 nitrogen and oxygen atoms in total. The van der Waals surface area contributed by atoms with E-state index in [4.69, 9.17) is 9.26 Å². The number of nitrogens with one attached hydrogen (secondary N) is 2. The summed E-state index contributed by atoms with van der Waals surface area (Å²) in [5.74, 6) is -2.24. The average Bonchev–Trinajstić information content (AvgIpc) is 3.36. The molecule has 0 spiro atoms. The van der Waals surface area contributed by atoms with E-state index in [1.165, 1.54) is 4.90 Å². The Kier molecular flexibility index (Phi) is 9.53. The number of rotatable bonds is 11. The largest absolute Gasteiger partial charge is 0.378 e. The fraction of sp³-hybridized carbons (Fsp3) is 0.522. The van der Waals surface area contributed by atoms with Crippen LogP contribution in [0.2, 0.25) is 0 Å². The molecule has 0 bridgehead atoms. The second-order valence-electron chi connectivity index (χ2n) is 8.34. The van der Waals surface area contributed by atoms with Gasteiger partial charge in [0, 0.05) is 19.5 Å². The van der Waals surface area contributed by atoms with Crippen LogP contribution in [0.25, 0.3) is 0 Å². The number of Topliss-reactive ketones (excluding diaryl/α,β-unsaturated/α-hetero) is 1. The average molecular weight is 522 g/mol. The van der Waals surface area contributed by atoms with E-state index in [9.17, 15) is 22.8 Å². The van der Waals surface area contributed by atoms with Gasteiger partial charge in [0.15, 0.2) is 15.7 Å². The molecule has 13 heteroatoms. The third kappa shape index (κ3) is 7.59. The Hall–Kier alpha value is -3.32. The molecule has 2 atom stereocenters. The van der Waals surface area contributed by atoms with Gasteiger partial charge in [-0.15, -0.1) is 0 Å². The monoisotopic (exact) mass is 521 g/mol. The predicted octanol–water partition coefficient (Wildman–Crippen LogP) is 0.735. The Balaban J connectivity index is 1.76. The molecular formula is C23H31N5O7S. The molecule has 196 valence electrons. The van der Waals surface area contributed by atoms with E-state index in [-0.39, 0.29) is 18.1 Å². The highest BCUT2D eigenvalue weighted by Gasteiger charge is 2.33. The predicted molar refractivity (Wildman–Crippen MR) is 129 cm³/mol. The van der Waals surface area contributed by atoms with E-state index < -0.39 is 45.4 Å². The van der Waals surface area contributed by atoms with Crippen molar-refractivity contribution in [3.05, 3.63) is 47.6 Å². The number of hydrogen-bond donors (Lipinski definition) is 2. The lowest BCUT2D eigenvalue weighted by Gasteiger charge is -2.29. The first-order valence-corrected chi connectivity index (χ1v) is 13.6. The van der Waals surface area contributed by atoms with E-state index >= 15 is 0 Å². The molecule has 0 radical (unpaired) electrons. The van der Waals surface area contributed by atoms with E-state index in [1.54, 1.807) is 44.2 Å². The minimum absolute atomic E-state index is 0.190. The SMILES string of the molecule is CCc1noc(C(=O)[C@H](CC)NC(=O)[C@H](CS(=O)(=O)Cc2ccccc2)NC(=O)N2CCOCC2)n1. The summed E-state index contributed by atoms with van der Waals surface area (Å²) in [6, 6.07) is 5.48. The van der Waals surface area contributed by atoms with Crippen LogP contribution in [0.1, 0.15) is 42.3 Å². The van der Waals surface area contributed by atoms with Crippen LogP contribution < -0.4 is 10.6 Å². The van der Waals surface area contributed by atoms with E-state index in [2.05, 4.69) is 20.8 Å². The fourth-order valence-corrected chi connectivity index (χ4v) is 5.16. The van der Waals surface area contributed by atoms with Gasteiger partial charge in [-0.2, -0.15) is 4.98 Å². The van der Waals surface area contributed by atoms with Gasteiger partial charge in [-0.3, -0.25) is 9.59 Å². The van der Waals surface area contributed by atoms with Gasteiger partial charge in [-0.25, -0.2) is 13.2 Å². The van der Waals surface area contributed by atoms with E-state index in [0.717, 1.165) is 0 Å². The highest BCUT2D eigenvalue weighted by Crippen LogP contribution is 2.10. The smallest absolute Gasteiger partial charge is 0.318 e. The number of hydrogen-bond acceptors (Lipinski definition) is 9. The zero-order valence-electron chi connectivity index (χ0n) is 20.3. The Labute approximate surface area is 209 Å². The summed E-state index contributed by atoms with van der Waals surface area (Å²) in [7, 11) is -3.81. The Morgan fingerprint density at radius 1 is 1.06 bits per heavy atom. The van der Waals surface area contributed by atoms with Crippen molar-refractivity contribution in [2.45, 2.75) is 44.5 Å². The lowest BCUT2D eigenvalue weighted by Crippen LogP contribution is -2.57. The second kappa shape index (κ2) is 12.6. The van der Waals surface area contributed by atoms with E-state index in [1.807, 2.05) is 0 Å². The summed E-state index contributed by atoms with van der Waals surface area (Å²) >= 11 is 0. The molecule has 1 aliphatic rings. The summed E-state index contributed by atoms with van der Waals surface area (Å²) in [5, 5.41) is 8.77. The molecule has 0 unspecified atom stereocenters. The molecule has 36 heavy (non-hydrogen) atoms. The molecule has 1 saturated heterocycles. The standard InChI is InChI=1S/C23H31N5O7S/c1-3-17(20(29)22-26-19(4-2)27-35-22)24-21(30)18(25-23(31)28-10-12-34-13-11-28)15-36(32,33)14-16-8-6-5-7-9-16/h5-9,17-18H,3-4,10-15H2,1-2H3,(H,24,30)(H,25,31)/t17-,18-/m0/s1. The summed E-state index contributed by atoms with van der Waals surface area (Å²) in [4.78, 5) is 44.3. The van der Waals surface area contributed by atoms with Crippen LogP contribution in [0.15, 0.2) is 34.9 Å². The third-order valence-corrected chi connectivity index (χ3v) is 7.21. The van der Waals surface area contributed by atoms with Crippen LogP contribution in [0, 0.1) is 0 Å². The van der Waals surface area contributed by atoms with Gasteiger partial charge < -0.3 is 24.8 Å². The van der Waals surface area contributed by atoms with Crippen molar-refractivity contribution < 1.29 is 32.1 Å². The second-order valence-corrected chi connectivity index (χ2v) is 10.5. The summed E-state index contributed by atoms with van der Waals surface area (Å²) in [6.07, 6.45) is 0.657. The summed E-state index contributed by atoms with van der Waals surface area (Å²) < 4.78 is 36.1. The van der Waals surface area contributed by atoms with Crippen molar-refractivity contribution in [1.29, 1.82) is 0 Å². The fourth-order valence-electron chi connectivity index (χ4n) is 3.60. The Bertz CT molecular complexity index is 1150. The number of ketones is 1. The van der Waals surface area contributed by atoms with Gasteiger partial charge >= 0.3 is 6.03 Å². The highest BCUT2D eigenvalue weighted by atomic mass is 32.2. The molecule has 2 aromatic rings. The summed E-state index contributed by atoms with van der Waals surface area (Å²) in [5.41, 5.74) is 0.556. The van der Waals surface area contributed by atoms with Crippen molar-refractivity contribution in [2.24, 2.45) is 0 Å². The third-order valence-electron chi connectivity index (χ3n) is 5.60.